The van der Waals surface area contributed by atoms with Crippen molar-refractivity contribution in [1.82, 2.24) is 4.90 Å². The second-order valence-electron chi connectivity index (χ2n) is 6.45. The number of hydrogen-bond acceptors (Lipinski definition) is 3. The van der Waals surface area contributed by atoms with Crippen LogP contribution in [-0.4, -0.2) is 29.7 Å². The van der Waals surface area contributed by atoms with Crippen molar-refractivity contribution >= 4 is 23.0 Å². The molecule has 3 rings (SSSR count). The maximum Gasteiger partial charge on any atom is 0.254 e. The van der Waals surface area contributed by atoms with Gasteiger partial charge in [0.05, 0.1) is 10.4 Å². The summed E-state index contributed by atoms with van der Waals surface area (Å²) in [7, 11) is 0. The van der Waals surface area contributed by atoms with Gasteiger partial charge in [0.2, 0.25) is 0 Å². The highest BCUT2D eigenvalue weighted by Gasteiger charge is 2.33. The van der Waals surface area contributed by atoms with E-state index in [0.717, 1.165) is 25.4 Å². The Morgan fingerprint density at radius 2 is 1.90 bits per heavy atom. The highest BCUT2D eigenvalue weighted by Crippen LogP contribution is 2.35. The molecule has 1 amide bonds. The first-order valence-electron chi connectivity index (χ1n) is 8.04. The summed E-state index contributed by atoms with van der Waals surface area (Å²) in [6.07, 6.45) is 7.96. The van der Waals surface area contributed by atoms with Crippen LogP contribution < -0.4 is 0 Å². The van der Waals surface area contributed by atoms with Gasteiger partial charge in [-0.25, -0.2) is 0 Å². The number of rotatable bonds is 3. The molecule has 0 N–H and O–H groups in total. The number of amides is 1. The first-order chi connectivity index (χ1) is 10.1. The average molecular weight is 305 g/mol. The van der Waals surface area contributed by atoms with E-state index in [-0.39, 0.29) is 11.7 Å². The van der Waals surface area contributed by atoms with Crippen LogP contribution in [0.15, 0.2) is 11.4 Å². The third kappa shape index (κ3) is 3.20. The third-order valence-corrected chi connectivity index (χ3v) is 6.05. The van der Waals surface area contributed by atoms with E-state index < -0.39 is 0 Å². The Morgan fingerprint density at radius 1 is 1.14 bits per heavy atom. The molecule has 2 heterocycles. The van der Waals surface area contributed by atoms with E-state index >= 15 is 0 Å². The number of nitrogens with zero attached hydrogens (tertiary/aromatic N) is 1. The van der Waals surface area contributed by atoms with Gasteiger partial charge in [-0.1, -0.05) is 32.1 Å². The van der Waals surface area contributed by atoms with Crippen LogP contribution in [0.3, 0.4) is 0 Å². The molecule has 0 bridgehead atoms. The maximum absolute atomic E-state index is 12.5. The Balaban J connectivity index is 1.62. The van der Waals surface area contributed by atoms with Gasteiger partial charge >= 0.3 is 0 Å². The monoisotopic (exact) mass is 305 g/mol. The second-order valence-corrected chi connectivity index (χ2v) is 7.37. The van der Waals surface area contributed by atoms with Crippen molar-refractivity contribution < 1.29 is 9.59 Å². The molecule has 21 heavy (non-hydrogen) atoms. The van der Waals surface area contributed by atoms with Gasteiger partial charge < -0.3 is 4.90 Å². The largest absolute Gasteiger partial charge is 0.338 e. The Morgan fingerprint density at radius 3 is 2.57 bits per heavy atom. The van der Waals surface area contributed by atoms with Crippen molar-refractivity contribution in [2.75, 3.05) is 13.1 Å². The molecule has 0 radical (unpaired) electrons. The fraction of sp³-hybridized carbons (Fsp3) is 0.647. The number of hydrogen-bond donors (Lipinski definition) is 0. The Labute approximate surface area is 130 Å². The zero-order chi connectivity index (χ0) is 14.8. The van der Waals surface area contributed by atoms with Crippen LogP contribution >= 0.6 is 11.3 Å². The van der Waals surface area contributed by atoms with Crippen molar-refractivity contribution in [3.8, 4) is 0 Å². The van der Waals surface area contributed by atoms with Crippen molar-refractivity contribution in [2.45, 2.75) is 45.4 Å². The van der Waals surface area contributed by atoms with E-state index in [2.05, 4.69) is 0 Å². The Hall–Kier alpha value is -1.16. The molecule has 2 fully saturated rings. The van der Waals surface area contributed by atoms with Crippen LogP contribution in [0.5, 0.6) is 0 Å². The highest BCUT2D eigenvalue weighted by atomic mass is 32.1. The Kier molecular flexibility index (Phi) is 4.43. The van der Waals surface area contributed by atoms with Crippen LogP contribution in [0.2, 0.25) is 0 Å². The molecule has 1 saturated heterocycles. The first-order valence-corrected chi connectivity index (χ1v) is 8.92. The van der Waals surface area contributed by atoms with Gasteiger partial charge in [0, 0.05) is 18.5 Å². The molecule has 4 heteroatoms. The molecule has 1 aliphatic carbocycles. The van der Waals surface area contributed by atoms with Gasteiger partial charge in [-0.3, -0.25) is 9.59 Å². The minimum atomic E-state index is 0.0422. The number of carbonyl (C=O) groups excluding carboxylic acids is 2. The van der Waals surface area contributed by atoms with Crippen molar-refractivity contribution in [2.24, 2.45) is 11.8 Å². The van der Waals surface area contributed by atoms with Gasteiger partial charge in [-0.15, -0.1) is 11.3 Å². The zero-order valence-electron chi connectivity index (χ0n) is 12.6. The molecule has 1 aromatic rings. The minimum Gasteiger partial charge on any atom is -0.338 e. The quantitative estimate of drug-likeness (QED) is 0.792. The smallest absolute Gasteiger partial charge is 0.254 e. The SMILES string of the molecule is CC(=O)c1cc(C(=O)N2CC[C@@H](C3CCCCC3)C2)cs1. The molecule has 0 aromatic carbocycles. The third-order valence-electron chi connectivity index (χ3n) is 5.02. The lowest BCUT2D eigenvalue weighted by Gasteiger charge is -2.27. The molecule has 1 atom stereocenters. The van der Waals surface area contributed by atoms with E-state index in [9.17, 15) is 9.59 Å². The van der Waals surface area contributed by atoms with E-state index in [1.54, 1.807) is 13.0 Å². The van der Waals surface area contributed by atoms with Crippen LogP contribution in [0.25, 0.3) is 0 Å². The average Bonchev–Trinajstić information content (AvgIpc) is 3.17. The normalized spacial score (nSPS) is 23.5. The number of likely N-dealkylation sites (tertiary alicyclic amines) is 1. The summed E-state index contributed by atoms with van der Waals surface area (Å²) < 4.78 is 0. The van der Waals surface area contributed by atoms with Crippen molar-refractivity contribution in [3.05, 3.63) is 21.9 Å². The summed E-state index contributed by atoms with van der Waals surface area (Å²) in [5.41, 5.74) is 0.689. The lowest BCUT2D eigenvalue weighted by molar-refractivity contribution is 0.0780. The van der Waals surface area contributed by atoms with E-state index in [1.165, 1.54) is 43.4 Å². The summed E-state index contributed by atoms with van der Waals surface area (Å²) in [6.45, 7) is 3.34. The number of ketones is 1. The zero-order valence-corrected chi connectivity index (χ0v) is 13.5. The maximum atomic E-state index is 12.5. The van der Waals surface area contributed by atoms with Crippen LogP contribution in [-0.2, 0) is 0 Å². The topological polar surface area (TPSA) is 37.4 Å². The van der Waals surface area contributed by atoms with Crippen molar-refractivity contribution in [1.29, 1.82) is 0 Å². The summed E-state index contributed by atoms with van der Waals surface area (Å²) >= 11 is 1.38. The molecule has 1 aliphatic heterocycles. The highest BCUT2D eigenvalue weighted by molar-refractivity contribution is 7.12. The van der Waals surface area contributed by atoms with Gasteiger partial charge in [-0.2, -0.15) is 0 Å². The molecule has 114 valence electrons. The molecule has 0 spiro atoms. The van der Waals surface area contributed by atoms with Gasteiger partial charge in [0.25, 0.3) is 5.91 Å². The van der Waals surface area contributed by atoms with E-state index in [0.29, 0.717) is 16.4 Å². The second kappa shape index (κ2) is 6.30. The van der Waals surface area contributed by atoms with Crippen LogP contribution in [0.1, 0.15) is 65.5 Å². The van der Waals surface area contributed by atoms with Gasteiger partial charge in [0.1, 0.15) is 0 Å². The lowest BCUT2D eigenvalue weighted by Crippen LogP contribution is -2.30. The van der Waals surface area contributed by atoms with Crippen LogP contribution in [0.4, 0.5) is 0 Å². The number of Topliss-reactive ketones (excluding diaryl/α,β-unsaturated/α-hetero) is 1. The number of carbonyl (C=O) groups is 2. The lowest BCUT2D eigenvalue weighted by atomic mass is 9.80. The minimum absolute atomic E-state index is 0.0422. The number of thiophene rings is 1. The van der Waals surface area contributed by atoms with Crippen molar-refractivity contribution in [3.63, 3.8) is 0 Å². The molecule has 1 aromatic heterocycles. The predicted octanol–water partition coefficient (Wildman–Crippen LogP) is 3.99. The fourth-order valence-electron chi connectivity index (χ4n) is 3.78. The standard InChI is InChI=1S/C17H23NO2S/c1-12(19)16-9-15(11-21-16)17(20)18-8-7-14(10-18)13-5-3-2-4-6-13/h9,11,13-14H,2-8,10H2,1H3/t14-/m1/s1. The molecule has 3 nitrogen and oxygen atoms in total. The molecular weight excluding hydrogens is 282 g/mol. The molecule has 0 unspecified atom stereocenters. The first kappa shape index (κ1) is 14.8. The molecular formula is C17H23NO2S. The van der Waals surface area contributed by atoms with E-state index in [1.807, 2.05) is 10.3 Å². The summed E-state index contributed by atoms with van der Waals surface area (Å²) in [4.78, 5) is 26.6. The predicted molar refractivity (Wildman–Crippen MR) is 84.9 cm³/mol. The summed E-state index contributed by atoms with van der Waals surface area (Å²) in [5.74, 6) is 1.67. The fourth-order valence-corrected chi connectivity index (χ4v) is 4.56. The summed E-state index contributed by atoms with van der Waals surface area (Å²) in [5, 5.41) is 1.83. The van der Waals surface area contributed by atoms with Gasteiger partial charge in [-0.05, 0) is 31.2 Å². The van der Waals surface area contributed by atoms with Gasteiger partial charge in [0.15, 0.2) is 5.78 Å². The van der Waals surface area contributed by atoms with Crippen LogP contribution in [0, 0.1) is 11.8 Å². The molecule has 2 aliphatic rings. The van der Waals surface area contributed by atoms with E-state index in [4.69, 9.17) is 0 Å². The summed E-state index contributed by atoms with van der Waals surface area (Å²) in [6, 6.07) is 1.75. The Bertz CT molecular complexity index is 531. The molecule has 1 saturated carbocycles.